The smallest absolute Gasteiger partial charge is 0.416 e. The number of hydrogen-bond acceptors (Lipinski definition) is 2. The molecular formula is C19H17F3O2. The molecule has 1 aliphatic rings. The zero-order valence-corrected chi connectivity index (χ0v) is 13.0. The van der Waals surface area contributed by atoms with Crippen LogP contribution < -0.4 is 4.74 Å². The van der Waals surface area contributed by atoms with E-state index in [0.717, 1.165) is 42.4 Å². The van der Waals surface area contributed by atoms with Gasteiger partial charge in [-0.25, -0.2) is 0 Å². The third-order valence-electron chi connectivity index (χ3n) is 4.06. The van der Waals surface area contributed by atoms with E-state index in [1.807, 2.05) is 0 Å². The summed E-state index contributed by atoms with van der Waals surface area (Å²) in [6, 6.07) is 10.4. The Morgan fingerprint density at radius 2 is 1.79 bits per heavy atom. The molecule has 0 bridgehead atoms. The van der Waals surface area contributed by atoms with Crippen LogP contribution in [0.1, 0.15) is 24.0 Å². The Bertz CT molecular complexity index is 716. The van der Waals surface area contributed by atoms with Gasteiger partial charge in [0.2, 0.25) is 0 Å². The Hall–Kier alpha value is -2.30. The Kier molecular flexibility index (Phi) is 4.60. The van der Waals surface area contributed by atoms with Crippen LogP contribution in [0.5, 0.6) is 5.75 Å². The Labute approximate surface area is 138 Å². The number of carbonyl (C=O) groups is 1. The summed E-state index contributed by atoms with van der Waals surface area (Å²) in [7, 11) is 0. The highest BCUT2D eigenvalue weighted by Gasteiger charge is 2.30. The molecule has 126 valence electrons. The third-order valence-corrected chi connectivity index (χ3v) is 4.06. The number of aldehydes is 1. The van der Waals surface area contributed by atoms with Gasteiger partial charge in [-0.1, -0.05) is 24.3 Å². The number of benzene rings is 2. The maximum atomic E-state index is 12.7. The van der Waals surface area contributed by atoms with Crippen LogP contribution in [0.15, 0.2) is 42.5 Å². The van der Waals surface area contributed by atoms with Gasteiger partial charge in [-0.05, 0) is 48.1 Å². The fourth-order valence-corrected chi connectivity index (χ4v) is 2.48. The molecule has 24 heavy (non-hydrogen) atoms. The Morgan fingerprint density at radius 3 is 2.38 bits per heavy atom. The van der Waals surface area contributed by atoms with Gasteiger partial charge in [0.25, 0.3) is 0 Å². The minimum atomic E-state index is -4.35. The lowest BCUT2D eigenvalue weighted by Gasteiger charge is -2.14. The largest absolute Gasteiger partial charge is 0.493 e. The highest BCUT2D eigenvalue weighted by atomic mass is 19.4. The van der Waals surface area contributed by atoms with E-state index < -0.39 is 11.7 Å². The predicted octanol–water partition coefficient (Wildman–Crippen LogP) is 4.90. The molecular weight excluding hydrogens is 317 g/mol. The van der Waals surface area contributed by atoms with Crippen molar-refractivity contribution >= 4 is 6.29 Å². The highest BCUT2D eigenvalue weighted by molar-refractivity contribution is 5.72. The topological polar surface area (TPSA) is 26.3 Å². The summed E-state index contributed by atoms with van der Waals surface area (Å²) in [5, 5.41) is 0. The van der Waals surface area contributed by atoms with E-state index >= 15 is 0 Å². The number of rotatable bonds is 6. The molecule has 2 nitrogen and oxygen atoms in total. The van der Waals surface area contributed by atoms with Gasteiger partial charge >= 0.3 is 6.18 Å². The van der Waals surface area contributed by atoms with Gasteiger partial charge in [-0.2, -0.15) is 13.2 Å². The van der Waals surface area contributed by atoms with Crippen molar-refractivity contribution in [2.45, 2.75) is 25.4 Å². The van der Waals surface area contributed by atoms with Crippen LogP contribution in [0.25, 0.3) is 11.1 Å². The molecule has 0 heterocycles. The predicted molar refractivity (Wildman–Crippen MR) is 84.9 cm³/mol. The lowest BCUT2D eigenvalue weighted by Crippen LogP contribution is -2.04. The minimum Gasteiger partial charge on any atom is -0.493 e. The second-order valence-electron chi connectivity index (χ2n) is 6.03. The fourth-order valence-electron chi connectivity index (χ4n) is 2.48. The van der Waals surface area contributed by atoms with Crippen molar-refractivity contribution in [3.63, 3.8) is 0 Å². The molecule has 0 radical (unpaired) electrons. The van der Waals surface area contributed by atoms with Gasteiger partial charge in [0.05, 0.1) is 12.2 Å². The number of halogens is 3. The summed E-state index contributed by atoms with van der Waals surface area (Å²) in [4.78, 5) is 10.7. The normalized spacial score (nSPS) is 14.5. The molecule has 2 aromatic carbocycles. The van der Waals surface area contributed by atoms with Crippen LogP contribution >= 0.6 is 0 Å². The second kappa shape index (κ2) is 6.67. The zero-order valence-electron chi connectivity index (χ0n) is 13.0. The molecule has 3 rings (SSSR count). The van der Waals surface area contributed by atoms with E-state index in [1.54, 1.807) is 18.2 Å². The average molecular weight is 334 g/mol. The number of alkyl halides is 3. The molecule has 0 spiro atoms. The fraction of sp³-hybridized carbons (Fsp3) is 0.316. The maximum Gasteiger partial charge on any atom is 0.416 e. The van der Waals surface area contributed by atoms with Gasteiger partial charge in [0.15, 0.2) is 0 Å². The standard InChI is InChI=1S/C19H17F3O2/c20-19(21,22)16-6-4-15(5-7-16)17-8-3-13(9-10-23)11-18(17)24-12-14-1-2-14/h3-8,10-11,14H,1-2,9,12H2. The van der Waals surface area contributed by atoms with Gasteiger partial charge in [0, 0.05) is 12.0 Å². The quantitative estimate of drug-likeness (QED) is 0.702. The van der Waals surface area contributed by atoms with Crippen molar-refractivity contribution in [1.29, 1.82) is 0 Å². The SMILES string of the molecule is O=CCc1ccc(-c2ccc(C(F)(F)F)cc2)c(OCC2CC2)c1. The van der Waals surface area contributed by atoms with Gasteiger partial charge in [-0.3, -0.25) is 0 Å². The molecule has 0 saturated heterocycles. The van der Waals surface area contributed by atoms with E-state index in [-0.39, 0.29) is 6.42 Å². The summed E-state index contributed by atoms with van der Waals surface area (Å²) in [5.74, 6) is 1.17. The van der Waals surface area contributed by atoms with Crippen LogP contribution in [-0.4, -0.2) is 12.9 Å². The van der Waals surface area contributed by atoms with Crippen molar-refractivity contribution in [2.75, 3.05) is 6.61 Å². The zero-order chi connectivity index (χ0) is 17.2. The molecule has 2 aromatic rings. The monoisotopic (exact) mass is 334 g/mol. The molecule has 5 heteroatoms. The van der Waals surface area contributed by atoms with Crippen LogP contribution in [-0.2, 0) is 17.4 Å². The van der Waals surface area contributed by atoms with Crippen LogP contribution in [0.3, 0.4) is 0 Å². The molecule has 1 fully saturated rings. The molecule has 0 unspecified atom stereocenters. The van der Waals surface area contributed by atoms with Crippen LogP contribution in [0.2, 0.25) is 0 Å². The lowest BCUT2D eigenvalue weighted by molar-refractivity contribution is -0.137. The Balaban J connectivity index is 1.90. The van der Waals surface area contributed by atoms with Crippen LogP contribution in [0.4, 0.5) is 13.2 Å². The first-order valence-electron chi connectivity index (χ1n) is 7.84. The number of ether oxygens (including phenoxy) is 1. The summed E-state index contributed by atoms with van der Waals surface area (Å²) in [5.41, 5.74) is 1.54. The highest BCUT2D eigenvalue weighted by Crippen LogP contribution is 2.36. The summed E-state index contributed by atoms with van der Waals surface area (Å²) in [6.45, 7) is 0.595. The van der Waals surface area contributed by atoms with E-state index in [4.69, 9.17) is 4.74 Å². The first-order chi connectivity index (χ1) is 11.5. The second-order valence-corrected chi connectivity index (χ2v) is 6.03. The van der Waals surface area contributed by atoms with Crippen molar-refractivity contribution in [1.82, 2.24) is 0 Å². The van der Waals surface area contributed by atoms with Crippen molar-refractivity contribution < 1.29 is 22.7 Å². The average Bonchev–Trinajstić information content (AvgIpc) is 3.37. The van der Waals surface area contributed by atoms with E-state index in [1.165, 1.54) is 12.1 Å². The minimum absolute atomic E-state index is 0.285. The molecule has 0 amide bonds. The summed E-state index contributed by atoms with van der Waals surface area (Å²) >= 11 is 0. The molecule has 0 aromatic heterocycles. The van der Waals surface area contributed by atoms with E-state index in [0.29, 0.717) is 23.8 Å². The molecule has 1 saturated carbocycles. The van der Waals surface area contributed by atoms with Gasteiger partial charge < -0.3 is 9.53 Å². The van der Waals surface area contributed by atoms with E-state index in [2.05, 4.69) is 0 Å². The van der Waals surface area contributed by atoms with Crippen LogP contribution in [0, 0.1) is 5.92 Å². The molecule has 0 aliphatic heterocycles. The van der Waals surface area contributed by atoms with Crippen molar-refractivity contribution in [2.24, 2.45) is 5.92 Å². The number of hydrogen-bond donors (Lipinski definition) is 0. The Morgan fingerprint density at radius 1 is 1.08 bits per heavy atom. The lowest BCUT2D eigenvalue weighted by atomic mass is 10.0. The van der Waals surface area contributed by atoms with Crippen molar-refractivity contribution in [3.8, 4) is 16.9 Å². The maximum absolute atomic E-state index is 12.7. The molecule has 0 atom stereocenters. The van der Waals surface area contributed by atoms with Crippen molar-refractivity contribution in [3.05, 3.63) is 53.6 Å². The molecule has 0 N–H and O–H groups in total. The van der Waals surface area contributed by atoms with E-state index in [9.17, 15) is 18.0 Å². The van der Waals surface area contributed by atoms with Gasteiger partial charge in [0.1, 0.15) is 12.0 Å². The first-order valence-corrected chi connectivity index (χ1v) is 7.84. The third kappa shape index (κ3) is 3.96. The first kappa shape index (κ1) is 16.6. The summed E-state index contributed by atoms with van der Waals surface area (Å²) < 4.78 is 44.0. The van der Waals surface area contributed by atoms with Gasteiger partial charge in [-0.15, -0.1) is 0 Å². The summed E-state index contributed by atoms with van der Waals surface area (Å²) in [6.07, 6.45) is -0.962. The molecule has 1 aliphatic carbocycles. The number of carbonyl (C=O) groups excluding carboxylic acids is 1.